The highest BCUT2D eigenvalue weighted by Crippen LogP contribution is 2.23. The molecule has 0 amide bonds. The smallest absolute Gasteiger partial charge is 0.0220 e. The van der Waals surface area contributed by atoms with E-state index in [-0.39, 0.29) is 0 Å². The molecule has 0 aliphatic rings. The Bertz CT molecular complexity index is 363. The van der Waals surface area contributed by atoms with E-state index in [1.807, 2.05) is 21.6 Å². The van der Waals surface area contributed by atoms with Gasteiger partial charge in [-0.1, -0.05) is 68.2 Å². The topological polar surface area (TPSA) is 0 Å². The minimum absolute atomic E-state index is 1.12. The van der Waals surface area contributed by atoms with Gasteiger partial charge in [0.05, 0.1) is 0 Å². The molecule has 126 valence electrons. The van der Waals surface area contributed by atoms with Gasteiger partial charge in [0.1, 0.15) is 0 Å². The highest BCUT2D eigenvalue weighted by atomic mass is 33.1. The Balaban J connectivity index is 3.71. The van der Waals surface area contributed by atoms with E-state index in [0.717, 1.165) is 11.5 Å². The molecule has 0 spiro atoms. The van der Waals surface area contributed by atoms with Crippen LogP contribution in [0.1, 0.15) is 67.2 Å². The standard InChI is InChI=1S/C20H34S2/c1-17(2)9-7-11-19(5)13-15-21-22-16-14-20(6)12-8-10-18(3)4/h9-10,13-14H,7-8,11-12,15-16H2,1-6H3/b19-13+,20-14+. The number of hydrogen-bond acceptors (Lipinski definition) is 2. The van der Waals surface area contributed by atoms with E-state index in [4.69, 9.17) is 0 Å². The first kappa shape index (κ1) is 21.7. The van der Waals surface area contributed by atoms with Crippen molar-refractivity contribution in [2.24, 2.45) is 0 Å². The third-order valence-corrected chi connectivity index (χ3v) is 5.35. The second-order valence-electron chi connectivity index (χ2n) is 6.31. The van der Waals surface area contributed by atoms with Gasteiger partial charge in [-0.15, -0.1) is 0 Å². The van der Waals surface area contributed by atoms with Crippen LogP contribution in [0.5, 0.6) is 0 Å². The molecule has 0 aromatic rings. The van der Waals surface area contributed by atoms with Gasteiger partial charge < -0.3 is 0 Å². The summed E-state index contributed by atoms with van der Waals surface area (Å²) in [5.41, 5.74) is 5.87. The Morgan fingerprint density at radius 3 is 1.27 bits per heavy atom. The van der Waals surface area contributed by atoms with Crippen LogP contribution in [0.2, 0.25) is 0 Å². The molecule has 22 heavy (non-hydrogen) atoms. The Morgan fingerprint density at radius 1 is 0.591 bits per heavy atom. The predicted octanol–water partition coefficient (Wildman–Crippen LogP) is 7.75. The average molecular weight is 339 g/mol. The highest BCUT2D eigenvalue weighted by Gasteiger charge is 1.92. The van der Waals surface area contributed by atoms with Crippen LogP contribution >= 0.6 is 21.6 Å². The van der Waals surface area contributed by atoms with E-state index in [9.17, 15) is 0 Å². The largest absolute Gasteiger partial charge is 0.0897 e. The van der Waals surface area contributed by atoms with E-state index >= 15 is 0 Å². The van der Waals surface area contributed by atoms with Crippen LogP contribution < -0.4 is 0 Å². The summed E-state index contributed by atoms with van der Waals surface area (Å²) in [5, 5.41) is 0. The molecular weight excluding hydrogens is 304 g/mol. The lowest BCUT2D eigenvalue weighted by Crippen LogP contribution is -1.80. The number of rotatable bonds is 11. The Hall–Kier alpha value is -0.340. The van der Waals surface area contributed by atoms with Crippen LogP contribution in [-0.2, 0) is 0 Å². The molecule has 0 nitrogen and oxygen atoms in total. The molecule has 0 aliphatic heterocycles. The molecule has 0 unspecified atom stereocenters. The van der Waals surface area contributed by atoms with Crippen molar-refractivity contribution in [3.8, 4) is 0 Å². The van der Waals surface area contributed by atoms with Crippen molar-refractivity contribution in [1.29, 1.82) is 0 Å². The lowest BCUT2D eigenvalue weighted by Gasteiger charge is -2.01. The maximum Gasteiger partial charge on any atom is 0.0220 e. The monoisotopic (exact) mass is 338 g/mol. The molecule has 0 aromatic carbocycles. The van der Waals surface area contributed by atoms with E-state index in [0.29, 0.717) is 0 Å². The van der Waals surface area contributed by atoms with Crippen molar-refractivity contribution in [1.82, 2.24) is 0 Å². The first-order valence-corrected chi connectivity index (χ1v) is 10.7. The van der Waals surface area contributed by atoms with Crippen molar-refractivity contribution in [3.63, 3.8) is 0 Å². The van der Waals surface area contributed by atoms with Gasteiger partial charge >= 0.3 is 0 Å². The molecule has 0 bridgehead atoms. The van der Waals surface area contributed by atoms with Crippen LogP contribution in [0.15, 0.2) is 46.6 Å². The first-order valence-electron chi connectivity index (χ1n) is 8.24. The van der Waals surface area contributed by atoms with E-state index in [1.165, 1.54) is 48.0 Å². The molecule has 0 fully saturated rings. The van der Waals surface area contributed by atoms with Crippen molar-refractivity contribution in [3.05, 3.63) is 46.6 Å². The van der Waals surface area contributed by atoms with Gasteiger partial charge in [0.25, 0.3) is 0 Å². The molecule has 0 N–H and O–H groups in total. The minimum atomic E-state index is 1.12. The molecule has 0 heterocycles. The quantitative estimate of drug-likeness (QED) is 0.214. The van der Waals surface area contributed by atoms with Crippen molar-refractivity contribution >= 4 is 21.6 Å². The van der Waals surface area contributed by atoms with Gasteiger partial charge in [-0.25, -0.2) is 0 Å². The van der Waals surface area contributed by atoms with E-state index in [1.54, 1.807) is 0 Å². The number of allylic oxidation sites excluding steroid dienone is 6. The second kappa shape index (κ2) is 14.3. The maximum atomic E-state index is 2.38. The molecule has 0 aromatic heterocycles. The van der Waals surface area contributed by atoms with E-state index in [2.05, 4.69) is 65.8 Å². The van der Waals surface area contributed by atoms with E-state index < -0.39 is 0 Å². The zero-order valence-electron chi connectivity index (χ0n) is 15.4. The zero-order chi connectivity index (χ0) is 16.8. The van der Waals surface area contributed by atoms with Crippen LogP contribution in [0.3, 0.4) is 0 Å². The Morgan fingerprint density at radius 2 is 0.955 bits per heavy atom. The molecule has 0 atom stereocenters. The summed E-state index contributed by atoms with van der Waals surface area (Å²) >= 11 is 0. The lowest BCUT2D eigenvalue weighted by molar-refractivity contribution is 0.964. The molecule has 0 saturated heterocycles. The van der Waals surface area contributed by atoms with Gasteiger partial charge in [0, 0.05) is 11.5 Å². The fourth-order valence-corrected chi connectivity index (χ4v) is 3.71. The third-order valence-electron chi connectivity index (χ3n) is 3.27. The predicted molar refractivity (Wildman–Crippen MR) is 110 cm³/mol. The van der Waals surface area contributed by atoms with Gasteiger partial charge in [0.2, 0.25) is 0 Å². The molecule has 0 aliphatic carbocycles. The highest BCUT2D eigenvalue weighted by molar-refractivity contribution is 8.76. The van der Waals surface area contributed by atoms with Crippen LogP contribution in [0, 0.1) is 0 Å². The van der Waals surface area contributed by atoms with Crippen LogP contribution in [0.4, 0.5) is 0 Å². The normalized spacial score (nSPS) is 12.3. The van der Waals surface area contributed by atoms with Crippen molar-refractivity contribution < 1.29 is 0 Å². The lowest BCUT2D eigenvalue weighted by atomic mass is 10.1. The fourth-order valence-electron chi connectivity index (χ4n) is 1.83. The molecular formula is C20H34S2. The summed E-state index contributed by atoms with van der Waals surface area (Å²) in [5.74, 6) is 2.24. The number of hydrogen-bond donors (Lipinski definition) is 0. The van der Waals surface area contributed by atoms with Gasteiger partial charge in [0.15, 0.2) is 0 Å². The summed E-state index contributed by atoms with van der Waals surface area (Å²) in [6.07, 6.45) is 14.1. The summed E-state index contributed by atoms with van der Waals surface area (Å²) in [4.78, 5) is 0. The first-order chi connectivity index (χ1) is 10.4. The van der Waals surface area contributed by atoms with Crippen LogP contribution in [-0.4, -0.2) is 11.5 Å². The maximum absolute atomic E-state index is 2.38. The third kappa shape index (κ3) is 16.0. The zero-order valence-corrected chi connectivity index (χ0v) is 17.0. The van der Waals surface area contributed by atoms with Gasteiger partial charge in [-0.3, -0.25) is 0 Å². The fraction of sp³-hybridized carbons (Fsp3) is 0.600. The summed E-state index contributed by atoms with van der Waals surface area (Å²) in [6, 6.07) is 0. The average Bonchev–Trinajstić information content (AvgIpc) is 2.41. The van der Waals surface area contributed by atoms with Gasteiger partial charge in [-0.2, -0.15) is 0 Å². The van der Waals surface area contributed by atoms with Gasteiger partial charge in [-0.05, 0) is 67.2 Å². The molecule has 0 radical (unpaired) electrons. The minimum Gasteiger partial charge on any atom is -0.0897 e. The van der Waals surface area contributed by atoms with Crippen molar-refractivity contribution in [2.45, 2.75) is 67.2 Å². The molecule has 0 saturated carbocycles. The Labute approximate surface area is 147 Å². The van der Waals surface area contributed by atoms with Crippen molar-refractivity contribution in [2.75, 3.05) is 11.5 Å². The summed E-state index contributed by atoms with van der Waals surface area (Å²) < 4.78 is 0. The summed E-state index contributed by atoms with van der Waals surface area (Å²) in [6.45, 7) is 13.2. The Kier molecular flexibility index (Phi) is 14.0. The SMILES string of the molecule is CC(C)=CCC/C(C)=C/CSSC/C=C(\C)CCC=C(C)C. The molecule has 2 heteroatoms. The molecule has 0 rings (SSSR count). The van der Waals surface area contributed by atoms with Crippen LogP contribution in [0.25, 0.3) is 0 Å². The second-order valence-corrected chi connectivity index (χ2v) is 8.86. The summed E-state index contributed by atoms with van der Waals surface area (Å²) in [7, 11) is 3.92.